The van der Waals surface area contributed by atoms with Crippen LogP contribution in [0.4, 0.5) is 4.79 Å². The second-order valence-electron chi connectivity index (χ2n) is 10.6. The molecule has 0 unspecified atom stereocenters. The van der Waals surface area contributed by atoms with E-state index < -0.39 is 23.7 Å². The van der Waals surface area contributed by atoms with E-state index in [2.05, 4.69) is 47.8 Å². The molecule has 0 saturated heterocycles. The highest BCUT2D eigenvalue weighted by atomic mass is 16.6. The van der Waals surface area contributed by atoms with E-state index in [1.54, 1.807) is 20.8 Å². The Morgan fingerprint density at radius 2 is 1.55 bits per heavy atom. The molecular weight excluding hydrogens is 506 g/mol. The summed E-state index contributed by atoms with van der Waals surface area (Å²) in [6.07, 6.45) is -0.686. The van der Waals surface area contributed by atoms with Gasteiger partial charge in [-0.3, -0.25) is 0 Å². The molecular formula is C33H31NO6. The first-order chi connectivity index (χ1) is 19.2. The van der Waals surface area contributed by atoms with Gasteiger partial charge in [0.1, 0.15) is 28.6 Å². The molecule has 0 spiro atoms. The number of benzene rings is 4. The third-order valence-corrected chi connectivity index (χ3v) is 6.43. The second-order valence-corrected chi connectivity index (χ2v) is 10.6. The van der Waals surface area contributed by atoms with Crippen molar-refractivity contribution < 1.29 is 28.6 Å². The van der Waals surface area contributed by atoms with E-state index in [0.717, 1.165) is 44.2 Å². The molecule has 5 rings (SSSR count). The molecule has 0 saturated carbocycles. The number of alkyl carbamates (subject to hydrolysis) is 1. The Bertz CT molecular complexity index is 1660. The van der Waals surface area contributed by atoms with Crippen LogP contribution >= 0.6 is 0 Å². The summed E-state index contributed by atoms with van der Waals surface area (Å²) in [7, 11) is 0. The lowest BCUT2D eigenvalue weighted by molar-refractivity contribution is -0.139. The van der Waals surface area contributed by atoms with Crippen molar-refractivity contribution in [2.45, 2.75) is 38.8 Å². The third-order valence-electron chi connectivity index (χ3n) is 6.43. The predicted octanol–water partition coefficient (Wildman–Crippen LogP) is 7.67. The van der Waals surface area contributed by atoms with Gasteiger partial charge >= 0.3 is 12.1 Å². The van der Waals surface area contributed by atoms with Gasteiger partial charge in [-0.1, -0.05) is 66.7 Å². The molecule has 0 fully saturated rings. The van der Waals surface area contributed by atoms with Crippen LogP contribution in [0, 0.1) is 0 Å². The van der Waals surface area contributed by atoms with E-state index in [1.807, 2.05) is 48.5 Å². The highest BCUT2D eigenvalue weighted by Crippen LogP contribution is 2.37. The Kier molecular flexibility index (Phi) is 7.47. The second kappa shape index (κ2) is 11.1. The van der Waals surface area contributed by atoms with Crippen molar-refractivity contribution in [1.82, 2.24) is 5.32 Å². The zero-order chi connectivity index (χ0) is 28.3. The summed E-state index contributed by atoms with van der Waals surface area (Å²) in [5, 5.41) is 14.0. The lowest BCUT2D eigenvalue weighted by Crippen LogP contribution is -2.44. The zero-order valence-electron chi connectivity index (χ0n) is 22.6. The van der Waals surface area contributed by atoms with Crippen LogP contribution in [0.5, 0.6) is 5.75 Å². The lowest BCUT2D eigenvalue weighted by atomic mass is 9.97. The van der Waals surface area contributed by atoms with Crippen LogP contribution in [0.3, 0.4) is 0 Å². The van der Waals surface area contributed by atoms with Crippen LogP contribution in [0.1, 0.15) is 27.2 Å². The average Bonchev–Trinajstić information content (AvgIpc) is 3.31. The number of ether oxygens (including phenoxy) is 2. The molecule has 4 aromatic carbocycles. The normalized spacial score (nSPS) is 12.3. The molecule has 5 aromatic rings. The minimum Gasteiger partial charge on any atom is -0.494 e. The molecule has 1 heterocycles. The molecule has 0 aliphatic heterocycles. The van der Waals surface area contributed by atoms with Crippen LogP contribution in [0.15, 0.2) is 95.4 Å². The monoisotopic (exact) mass is 537 g/mol. The summed E-state index contributed by atoms with van der Waals surface area (Å²) < 4.78 is 17.1. The van der Waals surface area contributed by atoms with Gasteiger partial charge in [0.05, 0.1) is 6.61 Å². The number of furan rings is 1. The topological polar surface area (TPSA) is 98.0 Å². The van der Waals surface area contributed by atoms with Crippen molar-refractivity contribution in [3.8, 4) is 28.0 Å². The molecule has 2 N–H and O–H groups in total. The number of amides is 1. The third kappa shape index (κ3) is 6.10. The van der Waals surface area contributed by atoms with Gasteiger partial charge < -0.3 is 24.3 Å². The smallest absolute Gasteiger partial charge is 0.408 e. The lowest BCUT2D eigenvalue weighted by Gasteiger charge is -2.22. The molecule has 7 nitrogen and oxygen atoms in total. The van der Waals surface area contributed by atoms with E-state index in [-0.39, 0.29) is 13.0 Å². The summed E-state index contributed by atoms with van der Waals surface area (Å²) in [5.41, 5.74) is 5.16. The highest BCUT2D eigenvalue weighted by Gasteiger charge is 2.24. The van der Waals surface area contributed by atoms with Crippen LogP contribution in [-0.4, -0.2) is 35.4 Å². The molecule has 40 heavy (non-hydrogen) atoms. The van der Waals surface area contributed by atoms with Gasteiger partial charge in [0.15, 0.2) is 0 Å². The number of carboxylic acid groups (broad SMARTS) is 1. The number of aliphatic carboxylic acids is 1. The van der Waals surface area contributed by atoms with Crippen molar-refractivity contribution in [1.29, 1.82) is 0 Å². The van der Waals surface area contributed by atoms with Crippen LogP contribution in [0.2, 0.25) is 0 Å². The summed E-state index contributed by atoms with van der Waals surface area (Å²) in [4.78, 5) is 23.5. The average molecular weight is 538 g/mol. The Balaban J connectivity index is 1.27. The van der Waals surface area contributed by atoms with Gasteiger partial charge in [0.2, 0.25) is 0 Å². The first kappa shape index (κ1) is 26.8. The number of rotatable bonds is 8. The van der Waals surface area contributed by atoms with Crippen LogP contribution < -0.4 is 10.1 Å². The summed E-state index contributed by atoms with van der Waals surface area (Å²) >= 11 is 0. The van der Waals surface area contributed by atoms with Crippen LogP contribution in [-0.2, 0) is 9.53 Å². The van der Waals surface area contributed by atoms with Crippen molar-refractivity contribution >= 4 is 34.0 Å². The predicted molar refractivity (Wildman–Crippen MR) is 155 cm³/mol. The molecule has 0 aliphatic rings. The number of para-hydroxylation sites is 2. The standard InChI is InChI=1S/C33H31NO6/c1-33(2,3)40-32(37)34-28(31(35)36)18-19-38-24-16-14-21(15-17-24)22-8-6-9-23(20-22)25-11-7-12-27-26-10-4-5-13-29(26)39-30(25)27/h4-17,20,28H,18-19H2,1-3H3,(H,34,37)(H,35,36)/t28-/m0/s1. The highest BCUT2D eigenvalue weighted by molar-refractivity contribution is 6.09. The van der Waals surface area contributed by atoms with E-state index in [9.17, 15) is 14.7 Å². The molecule has 0 radical (unpaired) electrons. The van der Waals surface area contributed by atoms with Crippen molar-refractivity contribution in [3.05, 3.63) is 91.0 Å². The molecule has 0 aliphatic carbocycles. The number of hydrogen-bond donors (Lipinski definition) is 2. The molecule has 1 atom stereocenters. The SMILES string of the molecule is CC(C)(C)OC(=O)N[C@@H](CCOc1ccc(-c2cccc(-c3cccc4c3oc3ccccc34)c2)cc1)C(=O)O. The molecule has 1 aromatic heterocycles. The maximum Gasteiger partial charge on any atom is 0.408 e. The molecule has 204 valence electrons. The zero-order valence-corrected chi connectivity index (χ0v) is 22.6. The minimum absolute atomic E-state index is 0.0890. The van der Waals surface area contributed by atoms with Crippen molar-refractivity contribution in [3.63, 3.8) is 0 Å². The fraction of sp³-hybridized carbons (Fsp3) is 0.212. The van der Waals surface area contributed by atoms with Gasteiger partial charge in [-0.15, -0.1) is 0 Å². The molecule has 7 heteroatoms. The summed E-state index contributed by atoms with van der Waals surface area (Å²) in [5.74, 6) is -0.545. The van der Waals surface area contributed by atoms with E-state index >= 15 is 0 Å². The Hall–Kier alpha value is -4.78. The fourth-order valence-corrected chi connectivity index (χ4v) is 4.59. The van der Waals surface area contributed by atoms with E-state index in [1.165, 1.54) is 0 Å². The minimum atomic E-state index is -1.15. The van der Waals surface area contributed by atoms with Gasteiger partial charge in [-0.25, -0.2) is 9.59 Å². The quantitative estimate of drug-likeness (QED) is 0.211. The maximum atomic E-state index is 12.0. The number of fused-ring (bicyclic) bond motifs is 3. The van der Waals surface area contributed by atoms with Gasteiger partial charge in [-0.05, 0) is 61.7 Å². The first-order valence-electron chi connectivity index (χ1n) is 13.1. The van der Waals surface area contributed by atoms with E-state index in [0.29, 0.717) is 5.75 Å². The Morgan fingerprint density at radius 3 is 2.30 bits per heavy atom. The largest absolute Gasteiger partial charge is 0.494 e. The van der Waals surface area contributed by atoms with Crippen LogP contribution in [0.25, 0.3) is 44.2 Å². The number of nitrogens with one attached hydrogen (secondary N) is 1. The van der Waals surface area contributed by atoms with Gasteiger partial charge in [0.25, 0.3) is 0 Å². The molecule has 1 amide bonds. The number of carbonyl (C=O) groups is 2. The van der Waals surface area contributed by atoms with E-state index in [4.69, 9.17) is 13.9 Å². The fourth-order valence-electron chi connectivity index (χ4n) is 4.59. The summed E-state index contributed by atoms with van der Waals surface area (Å²) in [6.45, 7) is 5.26. The number of hydrogen-bond acceptors (Lipinski definition) is 5. The van der Waals surface area contributed by atoms with Crippen molar-refractivity contribution in [2.24, 2.45) is 0 Å². The first-order valence-corrected chi connectivity index (χ1v) is 13.1. The maximum absolute atomic E-state index is 12.0. The molecule has 0 bridgehead atoms. The van der Waals surface area contributed by atoms with Crippen molar-refractivity contribution in [2.75, 3.05) is 6.61 Å². The Labute approximate surface area is 232 Å². The number of carbonyl (C=O) groups excluding carboxylic acids is 1. The number of carboxylic acids is 1. The van der Waals surface area contributed by atoms with Gasteiger partial charge in [0, 0.05) is 22.8 Å². The van der Waals surface area contributed by atoms with Gasteiger partial charge in [-0.2, -0.15) is 0 Å². The Morgan fingerprint density at radius 1 is 0.850 bits per heavy atom. The summed E-state index contributed by atoms with van der Waals surface area (Å²) in [6, 6.07) is 29.1.